The summed E-state index contributed by atoms with van der Waals surface area (Å²) < 4.78 is 6.19. The van der Waals surface area contributed by atoms with Crippen molar-refractivity contribution in [1.82, 2.24) is 30.6 Å². The van der Waals surface area contributed by atoms with Gasteiger partial charge in [-0.3, -0.25) is 9.89 Å². The van der Waals surface area contributed by atoms with Gasteiger partial charge in [0.1, 0.15) is 6.33 Å². The van der Waals surface area contributed by atoms with Gasteiger partial charge >= 0.3 is 0 Å². The highest BCUT2D eigenvalue weighted by Gasteiger charge is 2.39. The number of aryl methyl sites for hydroxylation is 1. The molecular weight excluding hydrogens is 400 g/mol. The Morgan fingerprint density at radius 3 is 2.96 bits per heavy atom. The van der Waals surface area contributed by atoms with Gasteiger partial charge in [-0.05, 0) is 37.0 Å². The molecule has 0 aliphatic heterocycles. The van der Waals surface area contributed by atoms with Crippen LogP contribution in [0.4, 0.5) is 0 Å². The van der Waals surface area contributed by atoms with Crippen LogP contribution >= 0.6 is 15.9 Å². The van der Waals surface area contributed by atoms with E-state index >= 15 is 0 Å². The minimum Gasteiger partial charge on any atom is -0.347 e. The average molecular weight is 417 g/mol. The first-order chi connectivity index (χ1) is 12.6. The van der Waals surface area contributed by atoms with Crippen LogP contribution < -0.4 is 5.32 Å². The second kappa shape index (κ2) is 6.99. The monoisotopic (exact) mass is 416 g/mol. The Bertz CT molecular complexity index is 904. The first-order valence-corrected chi connectivity index (χ1v) is 9.19. The van der Waals surface area contributed by atoms with E-state index in [0.29, 0.717) is 24.0 Å². The molecule has 8 nitrogen and oxygen atoms in total. The lowest BCUT2D eigenvalue weighted by Crippen LogP contribution is -2.50. The molecule has 2 heterocycles. The molecule has 4 rings (SSSR count). The normalized spacial score (nSPS) is 15.4. The van der Waals surface area contributed by atoms with Crippen molar-refractivity contribution in [3.05, 3.63) is 46.5 Å². The zero-order valence-electron chi connectivity index (χ0n) is 13.9. The predicted molar refractivity (Wildman–Crippen MR) is 95.8 cm³/mol. The van der Waals surface area contributed by atoms with Gasteiger partial charge in [0.2, 0.25) is 17.6 Å². The van der Waals surface area contributed by atoms with Crippen LogP contribution in [0.15, 0.2) is 39.6 Å². The predicted octanol–water partition coefficient (Wildman–Crippen LogP) is 2.75. The fourth-order valence-corrected chi connectivity index (χ4v) is 3.52. The number of hydrogen-bond acceptors (Lipinski definition) is 6. The molecule has 1 fully saturated rings. The third kappa shape index (κ3) is 3.39. The second-order valence-corrected chi connectivity index (χ2v) is 7.26. The maximum atomic E-state index is 12.5. The zero-order valence-corrected chi connectivity index (χ0v) is 15.5. The fourth-order valence-electron chi connectivity index (χ4n) is 3.12. The summed E-state index contributed by atoms with van der Waals surface area (Å²) in [5.74, 6) is 1.15. The van der Waals surface area contributed by atoms with E-state index in [1.807, 2.05) is 12.1 Å². The van der Waals surface area contributed by atoms with Crippen molar-refractivity contribution in [2.75, 3.05) is 0 Å². The lowest BCUT2D eigenvalue weighted by molar-refractivity contribution is -0.124. The van der Waals surface area contributed by atoms with Gasteiger partial charge < -0.3 is 9.84 Å². The molecule has 2 N–H and O–H groups in total. The van der Waals surface area contributed by atoms with Crippen LogP contribution in [-0.2, 0) is 16.8 Å². The second-order valence-electron chi connectivity index (χ2n) is 6.34. The molecule has 134 valence electrons. The van der Waals surface area contributed by atoms with Crippen molar-refractivity contribution in [2.24, 2.45) is 0 Å². The van der Waals surface area contributed by atoms with E-state index in [9.17, 15) is 4.79 Å². The summed E-state index contributed by atoms with van der Waals surface area (Å²) in [6, 6.07) is 8.11. The number of halogens is 1. The van der Waals surface area contributed by atoms with E-state index in [4.69, 9.17) is 4.52 Å². The van der Waals surface area contributed by atoms with Gasteiger partial charge in [-0.25, -0.2) is 4.98 Å². The van der Waals surface area contributed by atoms with Gasteiger partial charge in [0.15, 0.2) is 5.82 Å². The molecule has 1 aliphatic carbocycles. The van der Waals surface area contributed by atoms with Gasteiger partial charge in [-0.1, -0.05) is 33.2 Å². The molecule has 3 aromatic rings. The summed E-state index contributed by atoms with van der Waals surface area (Å²) in [5.41, 5.74) is 0.873. The topological polar surface area (TPSA) is 110 Å². The van der Waals surface area contributed by atoms with E-state index < -0.39 is 0 Å². The molecule has 2 aromatic heterocycles. The largest absolute Gasteiger partial charge is 0.347 e. The van der Waals surface area contributed by atoms with E-state index in [1.54, 1.807) is 0 Å². The SMILES string of the molecule is O=C(CCc1nc(-c2ncn[nH]2)no1)NC1(c2cccc(Br)c2)CCC1. The lowest BCUT2D eigenvalue weighted by atomic mass is 9.71. The fraction of sp³-hybridized carbons (Fsp3) is 0.353. The molecule has 1 aromatic carbocycles. The van der Waals surface area contributed by atoms with Crippen LogP contribution in [0.25, 0.3) is 11.6 Å². The molecular formula is C17H17BrN6O2. The summed E-state index contributed by atoms with van der Waals surface area (Å²) in [5, 5.41) is 13.5. The lowest BCUT2D eigenvalue weighted by Gasteiger charge is -2.43. The van der Waals surface area contributed by atoms with Gasteiger partial charge in [-0.2, -0.15) is 10.1 Å². The van der Waals surface area contributed by atoms with Crippen molar-refractivity contribution >= 4 is 21.8 Å². The first-order valence-electron chi connectivity index (χ1n) is 8.40. The zero-order chi connectivity index (χ0) is 18.0. The quantitative estimate of drug-likeness (QED) is 0.638. The molecule has 26 heavy (non-hydrogen) atoms. The third-order valence-corrected chi connectivity index (χ3v) is 5.12. The number of carbonyl (C=O) groups excluding carboxylic acids is 1. The van der Waals surface area contributed by atoms with Crippen LogP contribution in [0.3, 0.4) is 0 Å². The molecule has 0 bridgehead atoms. The molecule has 0 atom stereocenters. The van der Waals surface area contributed by atoms with Crippen LogP contribution in [-0.4, -0.2) is 31.2 Å². The molecule has 0 radical (unpaired) electrons. The summed E-state index contributed by atoms with van der Waals surface area (Å²) in [6.07, 6.45) is 5.04. The standard InChI is InChI=1S/C17H17BrN6O2/c18-12-4-1-3-11(9-12)17(7-2-8-17)22-13(25)5-6-14-21-16(24-26-14)15-19-10-20-23-15/h1,3-4,9-10H,2,5-8H2,(H,22,25)(H,19,20,23). The Labute approximate surface area is 157 Å². The van der Waals surface area contributed by atoms with Crippen molar-refractivity contribution in [2.45, 2.75) is 37.6 Å². The number of H-pyrrole nitrogens is 1. The Morgan fingerprint density at radius 2 is 2.27 bits per heavy atom. The summed E-state index contributed by atoms with van der Waals surface area (Å²) in [7, 11) is 0. The molecule has 1 saturated carbocycles. The Morgan fingerprint density at radius 1 is 1.38 bits per heavy atom. The van der Waals surface area contributed by atoms with Gasteiger partial charge in [0, 0.05) is 17.3 Å². The van der Waals surface area contributed by atoms with Crippen molar-refractivity contribution in [3.8, 4) is 11.6 Å². The number of aromatic amines is 1. The number of aromatic nitrogens is 5. The van der Waals surface area contributed by atoms with Crippen LogP contribution in [0.5, 0.6) is 0 Å². The number of hydrogen-bond donors (Lipinski definition) is 2. The minimum absolute atomic E-state index is 0.0240. The van der Waals surface area contributed by atoms with Crippen molar-refractivity contribution < 1.29 is 9.32 Å². The number of rotatable bonds is 6. The summed E-state index contributed by atoms with van der Waals surface area (Å²) in [4.78, 5) is 20.7. The van der Waals surface area contributed by atoms with Gasteiger partial charge in [-0.15, -0.1) is 0 Å². The molecule has 0 saturated heterocycles. The molecule has 1 amide bonds. The number of nitrogens with zero attached hydrogens (tertiary/aromatic N) is 4. The van der Waals surface area contributed by atoms with Crippen LogP contribution in [0, 0.1) is 0 Å². The number of carbonyl (C=O) groups is 1. The van der Waals surface area contributed by atoms with Crippen LogP contribution in [0.2, 0.25) is 0 Å². The number of amides is 1. The van der Waals surface area contributed by atoms with E-state index in [2.05, 4.69) is 58.7 Å². The summed E-state index contributed by atoms with van der Waals surface area (Å²) in [6.45, 7) is 0. The van der Waals surface area contributed by atoms with E-state index in [1.165, 1.54) is 6.33 Å². The summed E-state index contributed by atoms with van der Waals surface area (Å²) >= 11 is 3.50. The smallest absolute Gasteiger partial charge is 0.239 e. The average Bonchev–Trinajstić information content (AvgIpc) is 3.27. The number of nitrogens with one attached hydrogen (secondary N) is 2. The molecule has 9 heteroatoms. The Kier molecular flexibility index (Phi) is 4.54. The van der Waals surface area contributed by atoms with Crippen molar-refractivity contribution in [1.29, 1.82) is 0 Å². The van der Waals surface area contributed by atoms with E-state index in [-0.39, 0.29) is 17.9 Å². The Balaban J connectivity index is 1.38. The third-order valence-electron chi connectivity index (χ3n) is 4.62. The maximum Gasteiger partial charge on any atom is 0.239 e. The highest BCUT2D eigenvalue weighted by molar-refractivity contribution is 9.10. The number of benzene rings is 1. The molecule has 1 aliphatic rings. The van der Waals surface area contributed by atoms with Gasteiger partial charge in [0.05, 0.1) is 5.54 Å². The minimum atomic E-state index is -0.263. The molecule has 0 unspecified atom stereocenters. The van der Waals surface area contributed by atoms with Crippen LogP contribution in [0.1, 0.15) is 37.1 Å². The Hall–Kier alpha value is -2.55. The highest BCUT2D eigenvalue weighted by Crippen LogP contribution is 2.42. The van der Waals surface area contributed by atoms with Crippen molar-refractivity contribution in [3.63, 3.8) is 0 Å². The van der Waals surface area contributed by atoms with E-state index in [0.717, 1.165) is 29.3 Å². The highest BCUT2D eigenvalue weighted by atomic mass is 79.9. The molecule has 0 spiro atoms. The first kappa shape index (κ1) is 16.9. The maximum absolute atomic E-state index is 12.5. The van der Waals surface area contributed by atoms with Gasteiger partial charge in [0.25, 0.3) is 0 Å².